The van der Waals surface area contributed by atoms with Gasteiger partial charge in [-0.25, -0.2) is 28.4 Å². The molecule has 37 heteroatoms. The quantitative estimate of drug-likeness (QED) is 0.0832. The van der Waals surface area contributed by atoms with E-state index in [-0.39, 0.29) is 16.3 Å². The SMILES string of the molecule is CCN(CCO)c1nc(N(CCO)CC(F)(F)OC(F)(F)OC(F)(F)C(F)(F)OC(F)(F)F)nc(N(CCO)CC(F)(F)OC(F)(F)OC(F)(F)C(F)(F)OC(F)(F)F)n1. The predicted molar refractivity (Wildman–Crippen MR) is 142 cm³/mol. The second-order valence-electron chi connectivity index (χ2n) is 10.6. The Morgan fingerprint density at radius 1 is 0.400 bits per heavy atom. The number of hydrogen-bond acceptors (Lipinski definition) is 15. The zero-order valence-corrected chi connectivity index (χ0v) is 28.7. The van der Waals surface area contributed by atoms with Crippen LogP contribution in [0.3, 0.4) is 0 Å². The summed E-state index contributed by atoms with van der Waals surface area (Å²) in [4.78, 5) is 10.5. The van der Waals surface area contributed by atoms with Crippen molar-refractivity contribution in [2.45, 2.75) is 68.9 Å². The number of aliphatic hydroxyl groups is 3. The van der Waals surface area contributed by atoms with Gasteiger partial charge in [0.2, 0.25) is 17.8 Å². The van der Waals surface area contributed by atoms with Gasteiger partial charge in [-0.2, -0.15) is 67.6 Å². The van der Waals surface area contributed by atoms with E-state index in [1.54, 1.807) is 9.47 Å². The molecule has 1 aromatic rings. The van der Waals surface area contributed by atoms with E-state index in [0.717, 1.165) is 4.90 Å². The summed E-state index contributed by atoms with van der Waals surface area (Å²) in [6, 6.07) is 0. The number of hydrogen-bond donors (Lipinski definition) is 3. The summed E-state index contributed by atoms with van der Waals surface area (Å²) in [5, 5.41) is 28.1. The molecule has 0 saturated heterocycles. The number of alkyl halides is 22. The van der Waals surface area contributed by atoms with Crippen LogP contribution in [-0.4, -0.2) is 151 Å². The summed E-state index contributed by atoms with van der Waals surface area (Å²) >= 11 is 0. The number of anilines is 3. The summed E-state index contributed by atoms with van der Waals surface area (Å²) in [6.07, 6.45) is -66.6. The zero-order chi connectivity index (χ0) is 47.2. The Hall–Kier alpha value is -3.49. The monoisotopic (exact) mass is 946 g/mol. The van der Waals surface area contributed by atoms with E-state index in [1.807, 2.05) is 9.47 Å². The van der Waals surface area contributed by atoms with Crippen molar-refractivity contribution >= 4 is 17.8 Å². The van der Waals surface area contributed by atoms with Crippen molar-refractivity contribution in [1.82, 2.24) is 15.0 Å². The van der Waals surface area contributed by atoms with Crippen molar-refractivity contribution in [2.24, 2.45) is 0 Å². The predicted octanol–water partition coefficient (Wildman–Crippen LogP) is 5.08. The second-order valence-corrected chi connectivity index (χ2v) is 10.6. The van der Waals surface area contributed by atoms with Gasteiger partial charge >= 0.3 is 62.0 Å². The van der Waals surface area contributed by atoms with E-state index < -0.39 is 132 Å². The molecule has 0 bridgehead atoms. The molecule has 1 aromatic heterocycles. The lowest BCUT2D eigenvalue weighted by atomic mass is 10.4. The molecule has 0 atom stereocenters. The molecule has 0 spiro atoms. The number of aromatic nitrogens is 3. The number of nitrogens with zero attached hydrogens (tertiary/aromatic N) is 6. The van der Waals surface area contributed by atoms with Crippen LogP contribution in [0.25, 0.3) is 0 Å². The van der Waals surface area contributed by atoms with Crippen molar-refractivity contribution in [3.63, 3.8) is 0 Å². The van der Waals surface area contributed by atoms with Crippen LogP contribution in [0, 0.1) is 0 Å². The summed E-state index contributed by atoms with van der Waals surface area (Å²) in [5.74, 6) is -3.97. The van der Waals surface area contributed by atoms with Crippen LogP contribution in [-0.2, 0) is 28.4 Å². The highest BCUT2D eigenvalue weighted by atomic mass is 19.4. The van der Waals surface area contributed by atoms with Crippen molar-refractivity contribution in [3.05, 3.63) is 0 Å². The highest BCUT2D eigenvalue weighted by molar-refractivity contribution is 5.47. The lowest BCUT2D eigenvalue weighted by molar-refractivity contribution is -0.571. The molecule has 15 nitrogen and oxygen atoms in total. The lowest BCUT2D eigenvalue weighted by Crippen LogP contribution is -2.53. The van der Waals surface area contributed by atoms with Crippen molar-refractivity contribution in [2.75, 3.05) is 73.8 Å². The van der Waals surface area contributed by atoms with Crippen LogP contribution >= 0.6 is 0 Å². The minimum Gasteiger partial charge on any atom is -0.395 e. The molecule has 0 aliphatic carbocycles. The van der Waals surface area contributed by atoms with Gasteiger partial charge in [-0.15, -0.1) is 43.9 Å². The average molecular weight is 946 g/mol. The molecule has 0 fully saturated rings. The number of likely N-dealkylation sites (N-methyl/N-ethyl adjacent to an activating group) is 1. The summed E-state index contributed by atoms with van der Waals surface area (Å²) < 4.78 is 306. The molecule has 1 heterocycles. The largest absolute Gasteiger partial charge is 0.527 e. The van der Waals surface area contributed by atoms with Crippen molar-refractivity contribution < 1.29 is 140 Å². The standard InChI is InChI=1S/C23H24F22N6O9/c1-2-49(3-6-52)11-46-12(50(4-7-53)9-14(24,25)55-22(42,43)59-18(32,33)16(28,29)57-20(36,37)38)48-13(47-11)51(5-8-54)10-15(26,27)56-23(44,45)60-19(34,35)17(30,31)58-21(39,40)41/h52-54H,2-10H2,1H3. The number of rotatable bonds is 26. The third kappa shape index (κ3) is 17.1. The van der Waals surface area contributed by atoms with Crippen LogP contribution in [0.4, 0.5) is 114 Å². The highest BCUT2D eigenvalue weighted by Gasteiger charge is 2.70. The Labute approximate surface area is 316 Å². The molecule has 0 amide bonds. The van der Waals surface area contributed by atoms with Gasteiger partial charge in [0.1, 0.15) is 13.1 Å². The van der Waals surface area contributed by atoms with Gasteiger partial charge in [0, 0.05) is 26.2 Å². The molecule has 1 rings (SSSR count). The maximum Gasteiger partial charge on any atom is 0.527 e. The van der Waals surface area contributed by atoms with Gasteiger partial charge in [0.05, 0.1) is 19.8 Å². The van der Waals surface area contributed by atoms with Crippen LogP contribution in [0.15, 0.2) is 0 Å². The lowest BCUT2D eigenvalue weighted by Gasteiger charge is -2.33. The van der Waals surface area contributed by atoms with E-state index in [0.29, 0.717) is 0 Å². The maximum absolute atomic E-state index is 14.7. The van der Waals surface area contributed by atoms with Crippen LogP contribution in [0.5, 0.6) is 0 Å². The highest BCUT2D eigenvalue weighted by Crippen LogP contribution is 2.46. The topological polar surface area (TPSA) is 164 Å². The Morgan fingerprint density at radius 3 is 0.900 bits per heavy atom. The minimum absolute atomic E-state index is 0.254. The van der Waals surface area contributed by atoms with Gasteiger partial charge in [-0.3, -0.25) is 0 Å². The first-order chi connectivity index (χ1) is 26.7. The summed E-state index contributed by atoms with van der Waals surface area (Å²) in [7, 11) is 0. The molecule has 0 radical (unpaired) electrons. The van der Waals surface area contributed by atoms with E-state index >= 15 is 0 Å². The fourth-order valence-corrected chi connectivity index (χ4v) is 3.75. The minimum atomic E-state index is -7.10. The van der Waals surface area contributed by atoms with E-state index in [1.165, 1.54) is 6.92 Å². The van der Waals surface area contributed by atoms with Crippen LogP contribution in [0.2, 0.25) is 0 Å². The fourth-order valence-electron chi connectivity index (χ4n) is 3.75. The summed E-state index contributed by atoms with van der Waals surface area (Å²) in [5.41, 5.74) is 0. The number of halogens is 22. The molecule has 60 heavy (non-hydrogen) atoms. The Bertz CT molecular complexity index is 1410. The third-order valence-corrected chi connectivity index (χ3v) is 5.89. The Balaban J connectivity index is 3.67. The van der Waals surface area contributed by atoms with E-state index in [9.17, 15) is 112 Å². The van der Waals surface area contributed by atoms with Crippen LogP contribution in [0.1, 0.15) is 6.92 Å². The molecule has 0 aliphatic heterocycles. The fraction of sp³-hybridized carbons (Fsp3) is 0.870. The molecule has 0 aromatic carbocycles. The first kappa shape index (κ1) is 54.5. The van der Waals surface area contributed by atoms with Gasteiger partial charge in [-0.1, -0.05) is 0 Å². The average Bonchev–Trinajstić information content (AvgIpc) is 2.98. The van der Waals surface area contributed by atoms with Gasteiger partial charge in [-0.05, 0) is 6.92 Å². The van der Waals surface area contributed by atoms with E-state index in [4.69, 9.17) is 0 Å². The summed E-state index contributed by atoms with van der Waals surface area (Å²) in [6.45, 7) is -11.5. The molecule has 0 unspecified atom stereocenters. The van der Waals surface area contributed by atoms with Gasteiger partial charge in [0.25, 0.3) is 0 Å². The first-order valence-corrected chi connectivity index (χ1v) is 14.9. The zero-order valence-electron chi connectivity index (χ0n) is 28.7. The normalized spacial score (nSPS) is 14.5. The molecular weight excluding hydrogens is 922 g/mol. The number of aliphatic hydroxyl groups excluding tert-OH is 3. The van der Waals surface area contributed by atoms with Crippen molar-refractivity contribution in [3.8, 4) is 0 Å². The first-order valence-electron chi connectivity index (χ1n) is 14.9. The van der Waals surface area contributed by atoms with Crippen molar-refractivity contribution in [1.29, 1.82) is 0 Å². The molecular formula is C23H24F22N6O9. The smallest absolute Gasteiger partial charge is 0.395 e. The van der Waals surface area contributed by atoms with E-state index in [2.05, 4.69) is 24.4 Å². The van der Waals surface area contributed by atoms with Gasteiger partial charge in [0.15, 0.2) is 0 Å². The molecule has 0 saturated carbocycles. The maximum atomic E-state index is 14.7. The Kier molecular flexibility index (Phi) is 17.5. The number of ether oxygens (including phenoxy) is 6. The molecule has 0 aliphatic rings. The molecule has 3 N–H and O–H groups in total. The van der Waals surface area contributed by atoms with Gasteiger partial charge < -0.3 is 30.0 Å². The Morgan fingerprint density at radius 2 is 0.650 bits per heavy atom. The second kappa shape index (κ2) is 19.3. The third-order valence-electron chi connectivity index (χ3n) is 5.89. The van der Waals surface area contributed by atoms with Crippen LogP contribution < -0.4 is 14.7 Å². The molecule has 354 valence electrons.